The number of hydrogen-bond acceptors (Lipinski definition) is 5. The second-order valence-corrected chi connectivity index (χ2v) is 11.5. The minimum atomic E-state index is -3.50. The number of hydrogen-bond donors (Lipinski definition) is 1. The van der Waals surface area contributed by atoms with Gasteiger partial charge in [-0.15, -0.1) is 0 Å². The van der Waals surface area contributed by atoms with E-state index in [4.69, 9.17) is 4.18 Å². The fourth-order valence-corrected chi connectivity index (χ4v) is 8.88. The minimum Gasteiger partial charge on any atom is -0.299 e. The lowest BCUT2D eigenvalue weighted by Crippen LogP contribution is -2.48. The molecule has 0 bridgehead atoms. The Morgan fingerprint density at radius 2 is 1.75 bits per heavy atom. The van der Waals surface area contributed by atoms with E-state index in [0.717, 1.165) is 31.5 Å². The smallest absolute Gasteiger partial charge is 0.184 e. The molecule has 0 amide bonds. The van der Waals surface area contributed by atoms with Crippen molar-refractivity contribution in [1.29, 1.82) is 0 Å². The molecule has 0 aromatic heterocycles. The highest BCUT2D eigenvalue weighted by Crippen LogP contribution is 2.54. The van der Waals surface area contributed by atoms with Gasteiger partial charge in [-0.25, -0.2) is 8.42 Å². The number of nitrogens with zero attached hydrogens (tertiary/aromatic N) is 1. The molecular weight excluding hydrogens is 346 g/mol. The van der Waals surface area contributed by atoms with Crippen molar-refractivity contribution in [2.75, 3.05) is 31.7 Å². The lowest BCUT2D eigenvalue weighted by Gasteiger charge is -2.36. The summed E-state index contributed by atoms with van der Waals surface area (Å²) in [7, 11) is -4.32. The molecule has 2 heterocycles. The molecule has 0 spiro atoms. The first-order chi connectivity index (χ1) is 11.4. The summed E-state index contributed by atoms with van der Waals surface area (Å²) < 4.78 is 42.5. The first kappa shape index (κ1) is 18.2. The van der Waals surface area contributed by atoms with Crippen LogP contribution in [0.1, 0.15) is 24.8 Å². The average Bonchev–Trinajstić information content (AvgIpc) is 2.96. The standard InChI is InChI=1S/C17H27NO4S2/c1-14-6-8-15(9-7-14)24(20,21)17-13-23(19,22-2)12-16(17)18-10-4-3-5-11-18/h6-9,16-17,19H,3-5,10-13H2,1-2H3/t16-,17-/m0/s1. The summed E-state index contributed by atoms with van der Waals surface area (Å²) >= 11 is 0. The van der Waals surface area contributed by atoms with Gasteiger partial charge in [-0.2, -0.15) is 10.6 Å². The van der Waals surface area contributed by atoms with E-state index in [-0.39, 0.29) is 11.8 Å². The van der Waals surface area contributed by atoms with Gasteiger partial charge in [0.25, 0.3) is 0 Å². The van der Waals surface area contributed by atoms with Crippen LogP contribution in [0.25, 0.3) is 0 Å². The van der Waals surface area contributed by atoms with Crippen LogP contribution in [0.15, 0.2) is 29.2 Å². The highest BCUT2D eigenvalue weighted by molar-refractivity contribution is 8.25. The quantitative estimate of drug-likeness (QED) is 0.879. The Morgan fingerprint density at radius 1 is 1.12 bits per heavy atom. The number of sulfone groups is 1. The molecule has 2 aliphatic rings. The predicted octanol–water partition coefficient (Wildman–Crippen LogP) is 2.84. The Hall–Kier alpha value is -0.600. The number of rotatable bonds is 4. The molecule has 2 aliphatic heterocycles. The monoisotopic (exact) mass is 373 g/mol. The van der Waals surface area contributed by atoms with Gasteiger partial charge in [0.1, 0.15) is 5.25 Å². The van der Waals surface area contributed by atoms with Crippen LogP contribution in [0.3, 0.4) is 0 Å². The van der Waals surface area contributed by atoms with Gasteiger partial charge >= 0.3 is 0 Å². The first-order valence-corrected chi connectivity index (χ1v) is 11.9. The molecule has 1 aromatic rings. The van der Waals surface area contributed by atoms with Crippen LogP contribution >= 0.6 is 10.6 Å². The van der Waals surface area contributed by atoms with Gasteiger partial charge in [0.05, 0.1) is 23.5 Å². The fourth-order valence-electron chi connectivity index (χ4n) is 3.74. The number of benzene rings is 1. The maximum Gasteiger partial charge on any atom is 0.184 e. The van der Waals surface area contributed by atoms with E-state index >= 15 is 0 Å². The van der Waals surface area contributed by atoms with E-state index in [1.165, 1.54) is 13.5 Å². The highest BCUT2D eigenvalue weighted by atomic mass is 32.3. The second kappa shape index (κ2) is 6.96. The van der Waals surface area contributed by atoms with Crippen LogP contribution in [-0.2, 0) is 14.0 Å². The first-order valence-electron chi connectivity index (χ1n) is 8.47. The van der Waals surface area contributed by atoms with Crippen molar-refractivity contribution in [3.8, 4) is 0 Å². The van der Waals surface area contributed by atoms with Gasteiger partial charge in [-0.1, -0.05) is 24.1 Å². The topological polar surface area (TPSA) is 66.8 Å². The molecule has 2 saturated heterocycles. The van der Waals surface area contributed by atoms with Crippen molar-refractivity contribution in [3.63, 3.8) is 0 Å². The van der Waals surface area contributed by atoms with Crippen molar-refractivity contribution >= 4 is 20.4 Å². The van der Waals surface area contributed by atoms with Crippen LogP contribution in [-0.4, -0.2) is 60.9 Å². The van der Waals surface area contributed by atoms with Crippen LogP contribution in [0.2, 0.25) is 0 Å². The summed E-state index contributed by atoms with van der Waals surface area (Å²) in [5.74, 6) is 0.639. The molecule has 1 aromatic carbocycles. The molecule has 7 heteroatoms. The Balaban J connectivity index is 1.93. The molecule has 0 saturated carbocycles. The van der Waals surface area contributed by atoms with E-state index < -0.39 is 25.7 Å². The van der Waals surface area contributed by atoms with Crippen molar-refractivity contribution in [3.05, 3.63) is 29.8 Å². The number of likely N-dealkylation sites (tertiary alicyclic amines) is 1. The van der Waals surface area contributed by atoms with Gasteiger partial charge in [0, 0.05) is 6.04 Å². The number of piperidine rings is 1. The Bertz CT molecular complexity index is 670. The van der Waals surface area contributed by atoms with Crippen LogP contribution in [0, 0.1) is 6.92 Å². The van der Waals surface area contributed by atoms with E-state index in [1.807, 2.05) is 19.1 Å². The molecule has 3 atom stereocenters. The molecule has 3 rings (SSSR count). The minimum absolute atomic E-state index is 0.156. The molecule has 24 heavy (non-hydrogen) atoms. The summed E-state index contributed by atoms with van der Waals surface area (Å²) in [6.45, 7) is 3.75. The van der Waals surface area contributed by atoms with E-state index in [0.29, 0.717) is 10.6 Å². The molecule has 1 unspecified atom stereocenters. The van der Waals surface area contributed by atoms with Crippen LogP contribution < -0.4 is 0 Å². The lowest BCUT2D eigenvalue weighted by molar-refractivity contribution is 0.178. The number of aryl methyl sites for hydroxylation is 1. The van der Waals surface area contributed by atoms with Gasteiger partial charge in [0.15, 0.2) is 9.84 Å². The maximum atomic E-state index is 13.2. The van der Waals surface area contributed by atoms with E-state index in [9.17, 15) is 13.0 Å². The van der Waals surface area contributed by atoms with Gasteiger partial charge in [-0.3, -0.25) is 13.6 Å². The normalized spacial score (nSPS) is 34.8. The zero-order chi connectivity index (χ0) is 17.4. The van der Waals surface area contributed by atoms with Gasteiger partial charge < -0.3 is 0 Å². The molecule has 0 aliphatic carbocycles. The summed E-state index contributed by atoms with van der Waals surface area (Å²) in [4.78, 5) is 2.60. The third kappa shape index (κ3) is 3.51. The average molecular weight is 374 g/mol. The molecular formula is C17H27NO4S2. The van der Waals surface area contributed by atoms with Crippen molar-refractivity contribution in [2.24, 2.45) is 0 Å². The van der Waals surface area contributed by atoms with E-state index in [1.54, 1.807) is 12.1 Å². The zero-order valence-electron chi connectivity index (χ0n) is 14.3. The Morgan fingerprint density at radius 3 is 2.33 bits per heavy atom. The zero-order valence-corrected chi connectivity index (χ0v) is 16.0. The van der Waals surface area contributed by atoms with Crippen molar-refractivity contribution < 1.29 is 17.2 Å². The third-order valence-electron chi connectivity index (χ3n) is 5.20. The van der Waals surface area contributed by atoms with Crippen LogP contribution in [0.5, 0.6) is 0 Å². The predicted molar refractivity (Wildman–Crippen MR) is 98.3 cm³/mol. The molecule has 0 radical (unpaired) electrons. The van der Waals surface area contributed by atoms with Crippen molar-refractivity contribution in [2.45, 2.75) is 42.4 Å². The molecule has 5 nitrogen and oxygen atoms in total. The van der Waals surface area contributed by atoms with Crippen LogP contribution in [0.4, 0.5) is 0 Å². The second-order valence-electron chi connectivity index (χ2n) is 6.83. The maximum absolute atomic E-state index is 13.2. The van der Waals surface area contributed by atoms with E-state index in [2.05, 4.69) is 4.90 Å². The third-order valence-corrected chi connectivity index (χ3v) is 9.98. The fraction of sp³-hybridized carbons (Fsp3) is 0.647. The Kier molecular flexibility index (Phi) is 5.28. The molecule has 2 fully saturated rings. The Labute approximate surface area is 146 Å². The summed E-state index contributed by atoms with van der Waals surface area (Å²) in [6.07, 6.45) is 3.38. The SMILES string of the molecule is COS1(O)C[C@H](N2CCCCC2)[C@@H](S(=O)(=O)c2ccc(C)cc2)C1. The lowest BCUT2D eigenvalue weighted by atomic mass is 10.1. The molecule has 136 valence electrons. The summed E-state index contributed by atoms with van der Waals surface area (Å²) in [5.41, 5.74) is 1.03. The van der Waals surface area contributed by atoms with Gasteiger partial charge in [0.2, 0.25) is 0 Å². The summed E-state index contributed by atoms with van der Waals surface area (Å²) in [5, 5.41) is -0.599. The van der Waals surface area contributed by atoms with Gasteiger partial charge in [-0.05, 0) is 45.0 Å². The van der Waals surface area contributed by atoms with Crippen molar-refractivity contribution in [1.82, 2.24) is 4.90 Å². The highest BCUT2D eigenvalue weighted by Gasteiger charge is 2.49. The summed E-state index contributed by atoms with van der Waals surface area (Å²) in [6, 6.07) is 6.85. The largest absolute Gasteiger partial charge is 0.299 e. The molecule has 1 N–H and O–H groups in total.